The van der Waals surface area contributed by atoms with Crippen LogP contribution in [0, 0.1) is 5.92 Å². The predicted octanol–water partition coefficient (Wildman–Crippen LogP) is 2.69. The highest BCUT2D eigenvalue weighted by Crippen LogP contribution is 2.37. The van der Waals surface area contributed by atoms with Crippen molar-refractivity contribution in [1.29, 1.82) is 0 Å². The Kier molecular flexibility index (Phi) is 3.06. The van der Waals surface area contributed by atoms with E-state index in [0.29, 0.717) is 0 Å². The Morgan fingerprint density at radius 2 is 2.24 bits per heavy atom. The third-order valence-corrected chi connectivity index (χ3v) is 4.38. The van der Waals surface area contributed by atoms with Crippen LogP contribution in [0.1, 0.15) is 31.2 Å². The van der Waals surface area contributed by atoms with Gasteiger partial charge in [-0.05, 0) is 62.3 Å². The summed E-state index contributed by atoms with van der Waals surface area (Å²) in [7, 11) is 0. The summed E-state index contributed by atoms with van der Waals surface area (Å²) in [6.07, 6.45) is 6.84. The minimum atomic E-state index is 0.891. The molecule has 1 heterocycles. The first kappa shape index (κ1) is 11.1. The quantitative estimate of drug-likeness (QED) is 0.806. The van der Waals surface area contributed by atoms with E-state index in [-0.39, 0.29) is 0 Å². The number of rotatable bonds is 4. The number of hydrogen-bond donors (Lipinski definition) is 1. The van der Waals surface area contributed by atoms with Gasteiger partial charge in [0.25, 0.3) is 0 Å². The average Bonchev–Trinajstić information content (AvgIpc) is 2.91. The van der Waals surface area contributed by atoms with Crippen molar-refractivity contribution in [2.75, 3.05) is 18.8 Å². The first-order chi connectivity index (χ1) is 8.31. The van der Waals surface area contributed by atoms with Crippen LogP contribution in [0.15, 0.2) is 24.3 Å². The van der Waals surface area contributed by atoms with E-state index in [1.54, 1.807) is 0 Å². The highest BCUT2D eigenvalue weighted by atomic mass is 15.2. The first-order valence-corrected chi connectivity index (χ1v) is 6.90. The smallest absolute Gasteiger partial charge is 0.0316 e. The summed E-state index contributed by atoms with van der Waals surface area (Å²) in [5.74, 6) is 1.02. The Morgan fingerprint density at radius 3 is 2.94 bits per heavy atom. The van der Waals surface area contributed by atoms with Crippen LogP contribution in [0.25, 0.3) is 0 Å². The van der Waals surface area contributed by atoms with E-state index in [2.05, 4.69) is 23.1 Å². The highest BCUT2D eigenvalue weighted by molar-refractivity contribution is 5.40. The van der Waals surface area contributed by atoms with E-state index < -0.39 is 0 Å². The van der Waals surface area contributed by atoms with Gasteiger partial charge in [-0.3, -0.25) is 0 Å². The number of nitrogens with zero attached hydrogens (tertiary/aromatic N) is 1. The van der Waals surface area contributed by atoms with Gasteiger partial charge in [-0.1, -0.05) is 12.1 Å². The fourth-order valence-electron chi connectivity index (χ4n) is 3.54. The van der Waals surface area contributed by atoms with E-state index in [1.165, 1.54) is 50.8 Å². The Labute approximate surface area is 104 Å². The second-order valence-corrected chi connectivity index (χ2v) is 5.68. The van der Waals surface area contributed by atoms with E-state index in [4.69, 9.17) is 5.73 Å². The zero-order chi connectivity index (χ0) is 11.7. The van der Waals surface area contributed by atoms with Gasteiger partial charge in [-0.2, -0.15) is 0 Å². The number of aryl methyl sites for hydroxylation is 1. The molecule has 0 spiro atoms. The first-order valence-electron chi connectivity index (χ1n) is 6.90. The lowest BCUT2D eigenvalue weighted by atomic mass is 10.1. The van der Waals surface area contributed by atoms with Crippen LogP contribution in [-0.2, 0) is 6.42 Å². The van der Waals surface area contributed by atoms with E-state index in [1.807, 2.05) is 6.07 Å². The molecule has 3 rings (SSSR count). The molecule has 92 valence electrons. The van der Waals surface area contributed by atoms with Gasteiger partial charge in [-0.25, -0.2) is 0 Å². The van der Waals surface area contributed by atoms with Gasteiger partial charge in [0, 0.05) is 18.3 Å². The Hall–Kier alpha value is -1.02. The number of fused-ring (bicyclic) bond motifs is 2. The molecular weight excluding hydrogens is 208 g/mol. The maximum absolute atomic E-state index is 5.79. The summed E-state index contributed by atoms with van der Waals surface area (Å²) in [6, 6.07) is 9.23. The van der Waals surface area contributed by atoms with Gasteiger partial charge >= 0.3 is 0 Å². The lowest BCUT2D eigenvalue weighted by molar-refractivity contribution is 0.211. The van der Waals surface area contributed by atoms with Crippen LogP contribution in [-0.4, -0.2) is 24.0 Å². The minimum Gasteiger partial charge on any atom is -0.399 e. The standard InChI is InChI=1S/C15H22N2/c16-14-5-1-3-12(9-14)4-2-8-17-11-13-6-7-15(17)10-13/h1,3,5,9,13,15H,2,4,6-8,10-11,16H2. The van der Waals surface area contributed by atoms with Gasteiger partial charge in [-0.15, -0.1) is 0 Å². The van der Waals surface area contributed by atoms with Gasteiger partial charge in [0.1, 0.15) is 0 Å². The van der Waals surface area contributed by atoms with Crippen molar-refractivity contribution < 1.29 is 0 Å². The summed E-state index contributed by atoms with van der Waals surface area (Å²) in [5.41, 5.74) is 8.07. The van der Waals surface area contributed by atoms with Crippen molar-refractivity contribution in [3.8, 4) is 0 Å². The molecule has 1 saturated carbocycles. The van der Waals surface area contributed by atoms with Gasteiger partial charge in [0.05, 0.1) is 0 Å². The van der Waals surface area contributed by atoms with E-state index in [0.717, 1.165) is 17.6 Å². The van der Waals surface area contributed by atoms with Crippen molar-refractivity contribution in [1.82, 2.24) is 4.90 Å². The van der Waals surface area contributed by atoms with Crippen molar-refractivity contribution >= 4 is 5.69 Å². The maximum atomic E-state index is 5.79. The van der Waals surface area contributed by atoms with Crippen molar-refractivity contribution in [3.63, 3.8) is 0 Å². The Morgan fingerprint density at radius 1 is 1.29 bits per heavy atom. The van der Waals surface area contributed by atoms with Crippen LogP contribution in [0.2, 0.25) is 0 Å². The normalized spacial score (nSPS) is 27.8. The van der Waals surface area contributed by atoms with Crippen molar-refractivity contribution in [3.05, 3.63) is 29.8 Å². The zero-order valence-electron chi connectivity index (χ0n) is 10.4. The molecule has 2 heteroatoms. The molecule has 2 bridgehead atoms. The van der Waals surface area contributed by atoms with Gasteiger partial charge in [0.2, 0.25) is 0 Å². The monoisotopic (exact) mass is 230 g/mol. The fraction of sp³-hybridized carbons (Fsp3) is 0.600. The van der Waals surface area contributed by atoms with Gasteiger partial charge < -0.3 is 10.6 Å². The minimum absolute atomic E-state index is 0.891. The number of nitrogen functional groups attached to an aromatic ring is 1. The largest absolute Gasteiger partial charge is 0.399 e. The average molecular weight is 230 g/mol. The number of likely N-dealkylation sites (tertiary alicyclic amines) is 1. The molecule has 0 amide bonds. The van der Waals surface area contributed by atoms with Crippen LogP contribution in [0.4, 0.5) is 5.69 Å². The topological polar surface area (TPSA) is 29.3 Å². The number of hydrogen-bond acceptors (Lipinski definition) is 2. The SMILES string of the molecule is Nc1cccc(CCCN2CC3CCC2C3)c1. The summed E-state index contributed by atoms with van der Waals surface area (Å²) in [5, 5.41) is 0. The highest BCUT2D eigenvalue weighted by Gasteiger charge is 2.36. The molecule has 2 aliphatic rings. The second-order valence-electron chi connectivity index (χ2n) is 5.68. The molecule has 0 radical (unpaired) electrons. The van der Waals surface area contributed by atoms with Crippen LogP contribution < -0.4 is 5.73 Å². The summed E-state index contributed by atoms with van der Waals surface area (Å²) >= 11 is 0. The van der Waals surface area contributed by atoms with Crippen LogP contribution >= 0.6 is 0 Å². The molecule has 2 atom stereocenters. The molecule has 2 unspecified atom stereocenters. The van der Waals surface area contributed by atoms with Crippen LogP contribution in [0.5, 0.6) is 0 Å². The van der Waals surface area contributed by atoms with Gasteiger partial charge in [0.15, 0.2) is 0 Å². The van der Waals surface area contributed by atoms with Crippen molar-refractivity contribution in [2.24, 2.45) is 5.92 Å². The fourth-order valence-corrected chi connectivity index (χ4v) is 3.54. The summed E-state index contributed by atoms with van der Waals surface area (Å²) in [4.78, 5) is 2.71. The molecule has 1 aliphatic heterocycles. The molecule has 1 aromatic rings. The van der Waals surface area contributed by atoms with Crippen molar-refractivity contribution in [2.45, 2.75) is 38.1 Å². The third kappa shape index (κ3) is 2.47. The van der Waals surface area contributed by atoms with E-state index in [9.17, 15) is 0 Å². The third-order valence-electron chi connectivity index (χ3n) is 4.38. The zero-order valence-corrected chi connectivity index (χ0v) is 10.4. The molecular formula is C15H22N2. The molecule has 2 fully saturated rings. The predicted molar refractivity (Wildman–Crippen MR) is 71.9 cm³/mol. The number of benzene rings is 1. The number of piperidine rings is 1. The van der Waals surface area contributed by atoms with Crippen LogP contribution in [0.3, 0.4) is 0 Å². The lowest BCUT2D eigenvalue weighted by Crippen LogP contribution is -2.33. The Balaban J connectivity index is 1.46. The molecule has 1 aromatic carbocycles. The maximum Gasteiger partial charge on any atom is 0.0316 e. The second kappa shape index (κ2) is 4.69. The van der Waals surface area contributed by atoms with E-state index >= 15 is 0 Å². The number of anilines is 1. The molecule has 1 saturated heterocycles. The molecule has 17 heavy (non-hydrogen) atoms. The molecule has 2 N–H and O–H groups in total. The molecule has 0 aromatic heterocycles. The lowest BCUT2D eigenvalue weighted by Gasteiger charge is -2.26. The summed E-state index contributed by atoms with van der Waals surface area (Å²) in [6.45, 7) is 2.64. The molecule has 1 aliphatic carbocycles. The summed E-state index contributed by atoms with van der Waals surface area (Å²) < 4.78 is 0. The molecule has 2 nitrogen and oxygen atoms in total. The number of nitrogens with two attached hydrogens (primary N) is 1. The Bertz CT molecular complexity index is 388.